The average molecular weight is 394 g/mol. The molecule has 0 radical (unpaired) electrons. The van der Waals surface area contributed by atoms with Gasteiger partial charge in [0.2, 0.25) is 0 Å². The predicted octanol–water partition coefficient (Wildman–Crippen LogP) is 2.09. The lowest BCUT2D eigenvalue weighted by atomic mass is 10.1. The number of aromatic nitrogens is 2. The van der Waals surface area contributed by atoms with E-state index >= 15 is 0 Å². The molecule has 0 aliphatic carbocycles. The van der Waals surface area contributed by atoms with Crippen molar-refractivity contribution >= 4 is 15.9 Å². The minimum atomic E-state index is -3.92. The molecule has 0 bridgehead atoms. The van der Waals surface area contributed by atoms with Gasteiger partial charge in [-0.25, -0.2) is 8.42 Å². The first-order valence-corrected chi connectivity index (χ1v) is 10.2. The van der Waals surface area contributed by atoms with Crippen molar-refractivity contribution in [3.8, 4) is 5.75 Å². The van der Waals surface area contributed by atoms with Crippen LogP contribution < -0.4 is 15.0 Å². The smallest absolute Gasteiger partial charge is 0.266 e. The molecule has 0 spiro atoms. The molecule has 1 heterocycles. The number of rotatable bonds is 8. The Kier molecular flexibility index (Phi) is 6.61. The zero-order chi connectivity index (χ0) is 20.2. The number of carbonyl (C=O) groups excluding carboxylic acids is 1. The van der Waals surface area contributed by atoms with Crippen LogP contribution in [0.25, 0.3) is 0 Å². The summed E-state index contributed by atoms with van der Waals surface area (Å²) in [6.45, 7) is 8.08. The van der Waals surface area contributed by atoms with E-state index in [0.717, 1.165) is 6.42 Å². The van der Waals surface area contributed by atoms with E-state index in [9.17, 15) is 13.2 Å². The Balaban J connectivity index is 1.99. The van der Waals surface area contributed by atoms with Crippen molar-refractivity contribution in [3.05, 3.63) is 41.2 Å². The van der Waals surface area contributed by atoms with Crippen molar-refractivity contribution in [1.29, 1.82) is 0 Å². The number of benzene rings is 1. The van der Waals surface area contributed by atoms with Gasteiger partial charge in [-0.2, -0.15) is 5.10 Å². The molecular formula is C18H26N4O4S. The summed E-state index contributed by atoms with van der Waals surface area (Å²) in [5, 5.41) is 4.08. The molecule has 9 heteroatoms. The van der Waals surface area contributed by atoms with E-state index < -0.39 is 15.9 Å². The quantitative estimate of drug-likeness (QED) is 0.668. The standard InChI is InChI=1S/C18H26N4O4S/c1-12(2)10-11-26-16-8-6-15(7-9-16)18(23)19-21-27(24,25)17-13(3)20-22(5)14(17)4/h6-9,12,21H,10-11H2,1-5H3,(H,19,23). The number of hydrazine groups is 1. The van der Waals surface area contributed by atoms with Crippen LogP contribution >= 0.6 is 0 Å². The predicted molar refractivity (Wildman–Crippen MR) is 102 cm³/mol. The van der Waals surface area contributed by atoms with Crippen molar-refractivity contribution in [3.63, 3.8) is 0 Å². The largest absolute Gasteiger partial charge is 0.494 e. The van der Waals surface area contributed by atoms with Gasteiger partial charge in [0, 0.05) is 12.6 Å². The summed E-state index contributed by atoms with van der Waals surface area (Å²) in [6.07, 6.45) is 0.942. The van der Waals surface area contributed by atoms with Crippen LogP contribution in [0.4, 0.5) is 0 Å². The Morgan fingerprint density at radius 3 is 2.37 bits per heavy atom. The molecule has 0 aliphatic rings. The number of ether oxygens (including phenoxy) is 1. The highest BCUT2D eigenvalue weighted by Gasteiger charge is 2.24. The Hall–Kier alpha value is -2.39. The van der Waals surface area contributed by atoms with Crippen LogP contribution in [0.1, 0.15) is 42.0 Å². The second-order valence-electron chi connectivity index (χ2n) is 6.74. The summed E-state index contributed by atoms with van der Waals surface area (Å²) >= 11 is 0. The van der Waals surface area contributed by atoms with Crippen molar-refractivity contribution in [1.82, 2.24) is 20.0 Å². The SMILES string of the molecule is Cc1nn(C)c(C)c1S(=O)(=O)NNC(=O)c1ccc(OCCC(C)C)cc1. The number of amides is 1. The van der Waals surface area contributed by atoms with Gasteiger partial charge >= 0.3 is 0 Å². The van der Waals surface area contributed by atoms with Crippen molar-refractivity contribution in [2.75, 3.05) is 6.61 Å². The third-order valence-electron chi connectivity index (χ3n) is 4.09. The van der Waals surface area contributed by atoms with Gasteiger partial charge < -0.3 is 4.74 Å². The summed E-state index contributed by atoms with van der Waals surface area (Å²) in [4.78, 5) is 14.4. The van der Waals surface area contributed by atoms with Crippen molar-refractivity contribution in [2.45, 2.75) is 39.0 Å². The normalized spacial score (nSPS) is 11.6. The number of nitrogens with zero attached hydrogens (tertiary/aromatic N) is 2. The Labute approximate surface area is 159 Å². The second kappa shape index (κ2) is 8.53. The minimum Gasteiger partial charge on any atom is -0.494 e. The number of aryl methyl sites for hydroxylation is 2. The molecule has 148 valence electrons. The molecule has 1 aromatic carbocycles. The summed E-state index contributed by atoms with van der Waals surface area (Å²) in [5.74, 6) is 0.649. The molecular weight excluding hydrogens is 368 g/mol. The van der Waals surface area contributed by atoms with E-state index in [1.54, 1.807) is 45.2 Å². The van der Waals surface area contributed by atoms with Crippen molar-refractivity contribution in [2.24, 2.45) is 13.0 Å². The molecule has 0 unspecified atom stereocenters. The fraction of sp³-hybridized carbons (Fsp3) is 0.444. The van der Waals surface area contributed by atoms with E-state index in [4.69, 9.17) is 4.74 Å². The first-order chi connectivity index (χ1) is 12.6. The van der Waals surface area contributed by atoms with Crippen LogP contribution in [0.2, 0.25) is 0 Å². The van der Waals surface area contributed by atoms with Crippen LogP contribution in [0.3, 0.4) is 0 Å². The molecule has 0 fully saturated rings. The first-order valence-electron chi connectivity index (χ1n) is 8.67. The summed E-state index contributed by atoms with van der Waals surface area (Å²) in [7, 11) is -2.26. The van der Waals surface area contributed by atoms with Gasteiger partial charge in [0.15, 0.2) is 0 Å². The Morgan fingerprint density at radius 2 is 1.85 bits per heavy atom. The molecule has 1 amide bonds. The van der Waals surface area contributed by atoms with Gasteiger partial charge in [0.1, 0.15) is 10.6 Å². The Morgan fingerprint density at radius 1 is 1.22 bits per heavy atom. The zero-order valence-corrected chi connectivity index (χ0v) is 17.1. The zero-order valence-electron chi connectivity index (χ0n) is 16.2. The number of hydrogen-bond acceptors (Lipinski definition) is 5. The second-order valence-corrected chi connectivity index (χ2v) is 8.36. The van der Waals surface area contributed by atoms with Crippen LogP contribution in [0.5, 0.6) is 5.75 Å². The maximum atomic E-state index is 12.5. The van der Waals surface area contributed by atoms with Crippen LogP contribution in [0, 0.1) is 19.8 Å². The lowest BCUT2D eigenvalue weighted by Gasteiger charge is -2.10. The highest BCUT2D eigenvalue weighted by molar-refractivity contribution is 7.89. The molecule has 8 nitrogen and oxygen atoms in total. The average Bonchev–Trinajstić information content (AvgIpc) is 2.86. The van der Waals surface area contributed by atoms with Gasteiger partial charge in [0.25, 0.3) is 15.9 Å². The lowest BCUT2D eigenvalue weighted by Crippen LogP contribution is -2.41. The van der Waals surface area contributed by atoms with Gasteiger partial charge in [-0.15, -0.1) is 4.83 Å². The fourth-order valence-electron chi connectivity index (χ4n) is 2.49. The highest BCUT2D eigenvalue weighted by atomic mass is 32.2. The molecule has 0 saturated heterocycles. The molecule has 1 aromatic heterocycles. The van der Waals surface area contributed by atoms with Gasteiger partial charge in [-0.1, -0.05) is 13.8 Å². The summed E-state index contributed by atoms with van der Waals surface area (Å²) in [6, 6.07) is 6.52. The van der Waals surface area contributed by atoms with Gasteiger partial charge in [0.05, 0.1) is 18.0 Å². The van der Waals surface area contributed by atoms with E-state index in [2.05, 4.69) is 29.2 Å². The van der Waals surface area contributed by atoms with Gasteiger partial charge in [-0.05, 0) is 50.5 Å². The first kappa shape index (κ1) is 20.9. The fourth-order valence-corrected chi connectivity index (χ4v) is 3.77. The topological polar surface area (TPSA) is 102 Å². The van der Waals surface area contributed by atoms with Crippen LogP contribution in [-0.2, 0) is 17.1 Å². The summed E-state index contributed by atoms with van der Waals surface area (Å²) < 4.78 is 32.0. The van der Waals surface area contributed by atoms with E-state index in [0.29, 0.717) is 35.2 Å². The van der Waals surface area contributed by atoms with Crippen molar-refractivity contribution < 1.29 is 17.9 Å². The number of nitrogens with one attached hydrogen (secondary N) is 2. The molecule has 0 aliphatic heterocycles. The van der Waals surface area contributed by atoms with Gasteiger partial charge in [-0.3, -0.25) is 14.9 Å². The number of hydrogen-bond donors (Lipinski definition) is 2. The van der Waals surface area contributed by atoms with Crippen LogP contribution in [0.15, 0.2) is 29.2 Å². The monoisotopic (exact) mass is 394 g/mol. The molecule has 0 saturated carbocycles. The summed E-state index contributed by atoms with van der Waals surface area (Å²) in [5.41, 5.74) is 3.38. The number of carbonyl (C=O) groups is 1. The third kappa shape index (κ3) is 5.30. The maximum absolute atomic E-state index is 12.5. The third-order valence-corrected chi connectivity index (χ3v) is 5.59. The van der Waals surface area contributed by atoms with E-state index in [-0.39, 0.29) is 4.90 Å². The maximum Gasteiger partial charge on any atom is 0.266 e. The minimum absolute atomic E-state index is 0.0548. The molecule has 0 atom stereocenters. The Bertz CT molecular complexity index is 902. The lowest BCUT2D eigenvalue weighted by molar-refractivity contribution is 0.0945. The molecule has 2 aromatic rings. The molecule has 2 N–H and O–H groups in total. The highest BCUT2D eigenvalue weighted by Crippen LogP contribution is 2.18. The van der Waals surface area contributed by atoms with E-state index in [1.807, 2.05) is 0 Å². The number of sulfonamides is 1. The van der Waals surface area contributed by atoms with E-state index in [1.165, 1.54) is 4.68 Å². The van der Waals surface area contributed by atoms with Crippen LogP contribution in [-0.4, -0.2) is 30.7 Å². The molecule has 27 heavy (non-hydrogen) atoms. The molecule has 2 rings (SSSR count).